The molecule has 0 radical (unpaired) electrons. The van der Waals surface area contributed by atoms with Crippen LogP contribution in [0.3, 0.4) is 0 Å². The molecule has 7 heteroatoms. The maximum Gasteiger partial charge on any atom is 0.159 e. The SMILES string of the molecule is Cc1cc(SNc2cscn2)cnc1N(C)F. The van der Waals surface area contributed by atoms with Crippen molar-refractivity contribution in [3.05, 3.63) is 28.7 Å². The van der Waals surface area contributed by atoms with Gasteiger partial charge < -0.3 is 4.72 Å². The number of hydrogen-bond donors (Lipinski definition) is 1. The Labute approximate surface area is 107 Å². The molecule has 17 heavy (non-hydrogen) atoms. The molecule has 0 saturated carbocycles. The zero-order valence-corrected chi connectivity index (χ0v) is 11.0. The Kier molecular flexibility index (Phi) is 3.80. The lowest BCUT2D eigenvalue weighted by atomic mass is 10.3. The van der Waals surface area contributed by atoms with Crippen molar-refractivity contribution in [2.75, 3.05) is 16.9 Å². The van der Waals surface area contributed by atoms with Crippen molar-refractivity contribution in [3.63, 3.8) is 0 Å². The standard InChI is InChI=1S/C10H11FN4S2/c1-7-3-8(4-12-10(7)15(2)11)17-14-9-5-16-6-13-9/h3-6,14H,1-2H3. The van der Waals surface area contributed by atoms with Crippen LogP contribution in [0.4, 0.5) is 16.1 Å². The quantitative estimate of drug-likeness (QED) is 0.682. The van der Waals surface area contributed by atoms with E-state index in [1.165, 1.54) is 30.3 Å². The lowest BCUT2D eigenvalue weighted by molar-refractivity contribution is 0.468. The molecule has 0 aromatic carbocycles. The molecular weight excluding hydrogens is 259 g/mol. The molecular formula is C10H11FN4S2. The van der Waals surface area contributed by atoms with E-state index in [1.54, 1.807) is 11.7 Å². The van der Waals surface area contributed by atoms with Crippen LogP contribution in [0.2, 0.25) is 0 Å². The van der Waals surface area contributed by atoms with Gasteiger partial charge in [0.2, 0.25) is 0 Å². The van der Waals surface area contributed by atoms with Gasteiger partial charge in [0.05, 0.1) is 5.51 Å². The molecule has 2 aromatic rings. The number of anilines is 2. The molecule has 2 aromatic heterocycles. The second-order valence-corrected chi connectivity index (χ2v) is 4.96. The molecule has 0 spiro atoms. The minimum Gasteiger partial charge on any atom is -0.310 e. The highest BCUT2D eigenvalue weighted by atomic mass is 32.2. The Morgan fingerprint density at radius 1 is 1.47 bits per heavy atom. The molecule has 2 rings (SSSR count). The number of halogens is 1. The van der Waals surface area contributed by atoms with E-state index in [9.17, 15) is 4.48 Å². The van der Waals surface area contributed by atoms with Gasteiger partial charge in [-0.1, -0.05) is 4.48 Å². The highest BCUT2D eigenvalue weighted by Gasteiger charge is 2.06. The summed E-state index contributed by atoms with van der Waals surface area (Å²) in [7, 11) is 1.33. The Bertz CT molecular complexity index is 487. The normalized spacial score (nSPS) is 10.3. The molecule has 2 heterocycles. The van der Waals surface area contributed by atoms with Crippen molar-refractivity contribution in [1.82, 2.24) is 9.97 Å². The van der Waals surface area contributed by atoms with Crippen LogP contribution in [0.5, 0.6) is 0 Å². The lowest BCUT2D eigenvalue weighted by Crippen LogP contribution is -2.06. The third-order valence-corrected chi connectivity index (χ3v) is 3.38. The van der Waals surface area contributed by atoms with Gasteiger partial charge in [0.15, 0.2) is 5.82 Å². The zero-order chi connectivity index (χ0) is 12.3. The van der Waals surface area contributed by atoms with Gasteiger partial charge >= 0.3 is 0 Å². The van der Waals surface area contributed by atoms with Gasteiger partial charge in [-0.25, -0.2) is 9.97 Å². The summed E-state index contributed by atoms with van der Waals surface area (Å²) < 4.78 is 16.1. The highest BCUT2D eigenvalue weighted by molar-refractivity contribution is 8.00. The first-order chi connectivity index (χ1) is 8.16. The van der Waals surface area contributed by atoms with E-state index in [0.29, 0.717) is 10.9 Å². The topological polar surface area (TPSA) is 41.1 Å². The second kappa shape index (κ2) is 5.33. The van der Waals surface area contributed by atoms with Crippen molar-refractivity contribution < 1.29 is 4.48 Å². The van der Waals surface area contributed by atoms with Crippen LogP contribution < -0.4 is 9.84 Å². The third-order valence-electron chi connectivity index (χ3n) is 2.02. The van der Waals surface area contributed by atoms with E-state index in [-0.39, 0.29) is 0 Å². The number of rotatable bonds is 4. The first kappa shape index (κ1) is 12.1. The first-order valence-corrected chi connectivity index (χ1v) is 6.60. The summed E-state index contributed by atoms with van der Waals surface area (Å²) in [4.78, 5) is 9.07. The van der Waals surface area contributed by atoms with E-state index in [0.717, 1.165) is 16.3 Å². The van der Waals surface area contributed by atoms with Crippen LogP contribution in [0.25, 0.3) is 0 Å². The van der Waals surface area contributed by atoms with Crippen LogP contribution >= 0.6 is 23.3 Å². The Morgan fingerprint density at radius 2 is 2.29 bits per heavy atom. The molecule has 0 unspecified atom stereocenters. The fourth-order valence-corrected chi connectivity index (χ4v) is 2.53. The number of aryl methyl sites for hydroxylation is 1. The summed E-state index contributed by atoms with van der Waals surface area (Å²) in [5.74, 6) is 1.15. The largest absolute Gasteiger partial charge is 0.310 e. The summed E-state index contributed by atoms with van der Waals surface area (Å²) in [5, 5.41) is 2.43. The van der Waals surface area contributed by atoms with Crippen LogP contribution in [0, 0.1) is 6.92 Å². The van der Waals surface area contributed by atoms with Crippen molar-refractivity contribution in [3.8, 4) is 0 Å². The van der Waals surface area contributed by atoms with Crippen molar-refractivity contribution >= 4 is 34.9 Å². The Morgan fingerprint density at radius 3 is 2.88 bits per heavy atom. The average Bonchev–Trinajstić information content (AvgIpc) is 2.78. The highest BCUT2D eigenvalue weighted by Crippen LogP contribution is 2.24. The minimum absolute atomic E-state index is 0.336. The molecule has 0 aliphatic heterocycles. The van der Waals surface area contributed by atoms with Gasteiger partial charge in [-0.2, -0.15) is 5.12 Å². The van der Waals surface area contributed by atoms with Crippen molar-refractivity contribution in [2.45, 2.75) is 11.8 Å². The van der Waals surface area contributed by atoms with Gasteiger partial charge in [-0.3, -0.25) is 0 Å². The Hall–Kier alpha value is -1.34. The number of hydrogen-bond acceptors (Lipinski definition) is 6. The van der Waals surface area contributed by atoms with E-state index >= 15 is 0 Å². The summed E-state index contributed by atoms with van der Waals surface area (Å²) in [6.45, 7) is 1.82. The smallest absolute Gasteiger partial charge is 0.159 e. The maximum absolute atomic E-state index is 13.0. The molecule has 0 bridgehead atoms. The molecule has 4 nitrogen and oxygen atoms in total. The molecule has 0 amide bonds. The van der Waals surface area contributed by atoms with Gasteiger partial charge in [0.1, 0.15) is 5.82 Å². The Balaban J connectivity index is 2.05. The minimum atomic E-state index is 0.336. The first-order valence-electron chi connectivity index (χ1n) is 4.84. The van der Waals surface area contributed by atoms with Crippen molar-refractivity contribution in [1.29, 1.82) is 0 Å². The van der Waals surface area contributed by atoms with Crippen LogP contribution in [-0.2, 0) is 0 Å². The van der Waals surface area contributed by atoms with Crippen LogP contribution in [-0.4, -0.2) is 17.0 Å². The molecule has 0 atom stereocenters. The average molecular weight is 270 g/mol. The summed E-state index contributed by atoms with van der Waals surface area (Å²) in [6, 6.07) is 1.88. The number of aromatic nitrogens is 2. The van der Waals surface area contributed by atoms with Crippen molar-refractivity contribution in [2.24, 2.45) is 0 Å². The number of nitrogens with zero attached hydrogens (tertiary/aromatic N) is 3. The van der Waals surface area contributed by atoms with E-state index in [2.05, 4.69) is 14.7 Å². The molecule has 0 aliphatic rings. The summed E-state index contributed by atoms with van der Waals surface area (Å²) in [6.07, 6.45) is 1.63. The third kappa shape index (κ3) is 3.07. The van der Waals surface area contributed by atoms with E-state index in [4.69, 9.17) is 0 Å². The maximum atomic E-state index is 13.0. The van der Waals surface area contributed by atoms with Crippen LogP contribution in [0.1, 0.15) is 5.56 Å². The molecule has 0 saturated heterocycles. The lowest BCUT2D eigenvalue weighted by Gasteiger charge is -2.10. The zero-order valence-electron chi connectivity index (χ0n) is 9.35. The van der Waals surface area contributed by atoms with E-state index < -0.39 is 0 Å². The van der Waals surface area contributed by atoms with Gasteiger partial charge in [0, 0.05) is 23.5 Å². The monoisotopic (exact) mass is 270 g/mol. The van der Waals surface area contributed by atoms with E-state index in [1.807, 2.05) is 18.4 Å². The predicted octanol–water partition coefficient (Wildman–Crippen LogP) is 3.29. The fraction of sp³-hybridized carbons (Fsp3) is 0.200. The molecule has 90 valence electrons. The van der Waals surface area contributed by atoms with Gasteiger partial charge in [-0.05, 0) is 30.5 Å². The van der Waals surface area contributed by atoms with Gasteiger partial charge in [0.25, 0.3) is 0 Å². The van der Waals surface area contributed by atoms with Gasteiger partial charge in [-0.15, -0.1) is 11.3 Å². The molecule has 0 aliphatic carbocycles. The molecule has 1 N–H and O–H groups in total. The molecule has 0 fully saturated rings. The summed E-state index contributed by atoms with van der Waals surface area (Å²) >= 11 is 2.93. The number of pyridine rings is 1. The number of nitrogens with one attached hydrogen (secondary N) is 1. The van der Waals surface area contributed by atoms with Crippen LogP contribution in [0.15, 0.2) is 28.0 Å². The second-order valence-electron chi connectivity index (χ2n) is 3.37. The fourth-order valence-electron chi connectivity index (χ4n) is 1.29. The predicted molar refractivity (Wildman–Crippen MR) is 70.1 cm³/mol. The summed E-state index contributed by atoms with van der Waals surface area (Å²) in [5.41, 5.74) is 2.55. The number of thiazole rings is 1.